The molecule has 1 aliphatic carbocycles. The van der Waals surface area contributed by atoms with Crippen LogP contribution in [0.5, 0.6) is 11.5 Å². The monoisotopic (exact) mass is 992 g/mol. The number of carbonyl (C=O) groups is 1. The van der Waals surface area contributed by atoms with Crippen LogP contribution in [0.2, 0.25) is 0 Å². The molecule has 0 saturated carbocycles. The molecular weight excluding hydrogens is 932 g/mol. The van der Waals surface area contributed by atoms with Crippen molar-refractivity contribution >= 4 is 17.0 Å². The van der Waals surface area contributed by atoms with Crippen LogP contribution in [0.15, 0.2) is 94.7 Å². The van der Waals surface area contributed by atoms with E-state index in [1.54, 1.807) is 17.6 Å². The maximum Gasteiger partial charge on any atom is 0.404 e. The number of primary amides is 1. The van der Waals surface area contributed by atoms with Crippen LogP contribution in [0.3, 0.4) is 0 Å². The molecule has 380 valence electrons. The summed E-state index contributed by atoms with van der Waals surface area (Å²) in [6, 6.07) is 22.5. The molecule has 17 heteroatoms. The number of H-pyrrole nitrogens is 1. The lowest BCUT2D eigenvalue weighted by atomic mass is 9.85. The molecule has 0 radical (unpaired) electrons. The summed E-state index contributed by atoms with van der Waals surface area (Å²) in [6.07, 6.45) is 2.48. The number of nitrogens with zero attached hydrogens (tertiary/aromatic N) is 6. The van der Waals surface area contributed by atoms with Crippen molar-refractivity contribution in [3.8, 4) is 40.0 Å². The van der Waals surface area contributed by atoms with E-state index in [4.69, 9.17) is 20.2 Å². The summed E-state index contributed by atoms with van der Waals surface area (Å²) in [5, 5.41) is 38.4. The zero-order valence-electron chi connectivity index (χ0n) is 41.8. The van der Waals surface area contributed by atoms with Gasteiger partial charge in [0.2, 0.25) is 0 Å². The molecule has 16 nitrogen and oxygen atoms in total. The molecule has 6 N–H and O–H groups in total. The highest BCUT2D eigenvalue weighted by atomic mass is 19.1. The molecule has 1 unspecified atom stereocenters. The van der Waals surface area contributed by atoms with E-state index in [0.29, 0.717) is 57.0 Å². The maximum atomic E-state index is 14.5. The van der Waals surface area contributed by atoms with Gasteiger partial charge in [-0.05, 0) is 116 Å². The lowest BCUT2D eigenvalue weighted by Gasteiger charge is -2.31. The number of aryl methyl sites for hydroxylation is 3. The van der Waals surface area contributed by atoms with Crippen molar-refractivity contribution in [1.29, 1.82) is 0 Å². The van der Waals surface area contributed by atoms with E-state index in [0.717, 1.165) is 86.9 Å². The fourth-order valence-corrected chi connectivity index (χ4v) is 10.5. The number of nitrogens with one attached hydrogen (secondary N) is 1. The Morgan fingerprint density at radius 1 is 0.918 bits per heavy atom. The van der Waals surface area contributed by atoms with Crippen molar-refractivity contribution in [3.05, 3.63) is 167 Å². The van der Waals surface area contributed by atoms with E-state index < -0.39 is 17.9 Å². The van der Waals surface area contributed by atoms with E-state index >= 15 is 0 Å². The number of halogens is 1. The van der Waals surface area contributed by atoms with E-state index in [2.05, 4.69) is 57.9 Å². The molecule has 1 fully saturated rings. The summed E-state index contributed by atoms with van der Waals surface area (Å²) in [7, 11) is 2.06. The third-order valence-electron chi connectivity index (χ3n) is 14.2. The number of aromatic hydroxyl groups is 2. The minimum Gasteiger partial charge on any atom is -0.508 e. The topological polar surface area (TPSA) is 214 Å². The number of aliphatic hydroxyl groups is 1. The maximum absolute atomic E-state index is 14.5. The highest BCUT2D eigenvalue weighted by Gasteiger charge is 2.34. The molecule has 3 aliphatic heterocycles. The number of pyridine rings is 2. The quantitative estimate of drug-likeness (QED) is 0.0928. The summed E-state index contributed by atoms with van der Waals surface area (Å²) < 4.78 is 28.1. The Kier molecular flexibility index (Phi) is 14.4. The smallest absolute Gasteiger partial charge is 0.404 e. The van der Waals surface area contributed by atoms with Gasteiger partial charge < -0.3 is 35.1 Å². The Balaban J connectivity index is 0.000000184. The first-order chi connectivity index (χ1) is 35.1. The van der Waals surface area contributed by atoms with E-state index in [9.17, 15) is 34.1 Å². The van der Waals surface area contributed by atoms with Gasteiger partial charge in [0.25, 0.3) is 5.56 Å². The SMILES string of the molecule is C=C1OCc2c(cc3n(c2=O)Cc2c-3nc3cc(F)c(C)c4c3c2CCC4)C1O.CC.Cc1cc(-c2n[nH]c(=O)n2-c2ccc(CN(C)Cc3ccc(CN4CCC(OC(N)=O)CC4)cc3)cc2)c(O)cc1O. The van der Waals surface area contributed by atoms with Gasteiger partial charge in [0.15, 0.2) is 5.82 Å². The van der Waals surface area contributed by atoms with Crippen LogP contribution in [0.1, 0.15) is 94.8 Å². The molecular formula is C56H61FN8O8. The molecule has 6 heterocycles. The number of aromatic nitrogens is 5. The molecule has 11 rings (SSSR count). The lowest BCUT2D eigenvalue weighted by molar-refractivity contribution is 0.0541. The van der Waals surface area contributed by atoms with E-state index in [1.165, 1.54) is 33.4 Å². The Bertz CT molecular complexity index is 3380. The van der Waals surface area contributed by atoms with Gasteiger partial charge in [0.1, 0.15) is 41.9 Å². The standard InChI is InChI=1S/C31H36N6O5.C23H19FN2O3.C2H6/c1-20-15-26(28(39)16-27(20)38)29-33-34-31(41)37(29)24-9-7-22(8-10-24)18-35(2)17-21-3-5-23(6-4-21)19-36-13-11-25(12-14-36)42-30(32)40;1-10-12-4-3-5-13-15-8-26-19(21(15)25-18(20(12)13)7-17(10)24)6-14-16(23(26)28)9-29-11(2)22(14)27;1-2/h3-10,15-16,25,38-39H,11-14,17-19H2,1-2H3,(H2,32,40)(H,34,41);6-7,22,27H,2-5,8-9H2,1H3;1-2H3. The molecule has 0 bridgehead atoms. The largest absolute Gasteiger partial charge is 0.508 e. The van der Waals surface area contributed by atoms with Crippen molar-refractivity contribution in [2.24, 2.45) is 5.73 Å². The summed E-state index contributed by atoms with van der Waals surface area (Å²) >= 11 is 0. The fourth-order valence-electron chi connectivity index (χ4n) is 10.5. The molecule has 4 aliphatic rings. The normalized spacial score (nSPS) is 15.9. The fraction of sp³-hybridized carbons (Fsp3) is 0.339. The van der Waals surface area contributed by atoms with Crippen molar-refractivity contribution in [2.45, 2.75) is 105 Å². The third-order valence-corrected chi connectivity index (χ3v) is 14.2. The zero-order chi connectivity index (χ0) is 51.8. The van der Waals surface area contributed by atoms with Crippen molar-refractivity contribution in [2.75, 3.05) is 20.1 Å². The van der Waals surface area contributed by atoms with Gasteiger partial charge in [0.05, 0.1) is 40.3 Å². The number of phenolic OH excluding ortho intramolecular Hbond substituents is 2. The number of likely N-dealkylation sites (tertiary alicyclic amines) is 1. The predicted molar refractivity (Wildman–Crippen MR) is 276 cm³/mol. The number of benzene rings is 4. The van der Waals surface area contributed by atoms with Gasteiger partial charge in [0, 0.05) is 61.4 Å². The molecule has 1 saturated heterocycles. The summed E-state index contributed by atoms with van der Waals surface area (Å²) in [5.74, 6) is 0.0641. The van der Waals surface area contributed by atoms with Gasteiger partial charge in [-0.2, -0.15) is 5.10 Å². The van der Waals surface area contributed by atoms with Crippen molar-refractivity contribution in [3.63, 3.8) is 0 Å². The summed E-state index contributed by atoms with van der Waals surface area (Å²) in [4.78, 5) is 46.1. The highest BCUT2D eigenvalue weighted by molar-refractivity contribution is 5.92. The number of fused-ring (bicyclic) bond motifs is 5. The minimum atomic E-state index is -1.04. The van der Waals surface area contributed by atoms with E-state index in [-0.39, 0.29) is 47.2 Å². The van der Waals surface area contributed by atoms with Crippen molar-refractivity contribution in [1.82, 2.24) is 34.1 Å². The number of carbonyl (C=O) groups excluding carboxylic acids is 1. The Labute approximate surface area is 421 Å². The minimum absolute atomic E-state index is 0.0315. The van der Waals surface area contributed by atoms with Crippen LogP contribution in [0.4, 0.5) is 9.18 Å². The Morgan fingerprint density at radius 2 is 1.58 bits per heavy atom. The van der Waals surface area contributed by atoms with Crippen LogP contribution < -0.4 is 17.0 Å². The molecule has 3 aromatic heterocycles. The van der Waals surface area contributed by atoms with Gasteiger partial charge in [-0.1, -0.05) is 56.8 Å². The third kappa shape index (κ3) is 9.99. The van der Waals surface area contributed by atoms with Crippen LogP contribution in [0, 0.1) is 19.7 Å². The highest BCUT2D eigenvalue weighted by Crippen LogP contribution is 2.43. The zero-order valence-corrected chi connectivity index (χ0v) is 41.8. The molecule has 0 spiro atoms. The number of nitrogens with two attached hydrogens (primary N) is 1. The Morgan fingerprint density at radius 3 is 2.26 bits per heavy atom. The number of aliphatic hydroxyl groups excluding tert-OH is 1. The van der Waals surface area contributed by atoms with Gasteiger partial charge >= 0.3 is 11.8 Å². The number of hydrogen-bond donors (Lipinski definition) is 5. The van der Waals surface area contributed by atoms with Gasteiger partial charge in [-0.3, -0.25) is 14.6 Å². The molecule has 4 aromatic carbocycles. The molecule has 73 heavy (non-hydrogen) atoms. The summed E-state index contributed by atoms with van der Waals surface area (Å²) in [5.41, 5.74) is 16.6. The van der Waals surface area contributed by atoms with Gasteiger partial charge in [-0.25, -0.2) is 28.6 Å². The first-order valence-electron chi connectivity index (χ1n) is 24.8. The predicted octanol–water partition coefficient (Wildman–Crippen LogP) is 8.10. The second-order valence-electron chi connectivity index (χ2n) is 19.1. The number of phenols is 2. The first kappa shape index (κ1) is 50.3. The first-order valence-corrected chi connectivity index (χ1v) is 24.8. The van der Waals surface area contributed by atoms with Gasteiger partial charge in [-0.15, -0.1) is 0 Å². The number of rotatable bonds is 9. The van der Waals surface area contributed by atoms with Crippen LogP contribution >= 0.6 is 0 Å². The average Bonchev–Trinajstić information content (AvgIpc) is 3.95. The number of hydrogen-bond acceptors (Lipinski definition) is 12. The molecule has 7 aromatic rings. The summed E-state index contributed by atoms with van der Waals surface area (Å²) in [6.45, 7) is 15.9. The van der Waals surface area contributed by atoms with Crippen molar-refractivity contribution < 1.29 is 34.0 Å². The molecule has 1 atom stereocenters. The van der Waals surface area contributed by atoms with E-state index in [1.807, 2.05) is 51.1 Å². The average molecular weight is 993 g/mol. The number of piperidine rings is 1. The molecule has 1 amide bonds. The number of ether oxygens (including phenoxy) is 2. The van der Waals surface area contributed by atoms with Crippen LogP contribution in [0.25, 0.3) is 39.4 Å². The second-order valence-corrected chi connectivity index (χ2v) is 19.1. The lowest BCUT2D eigenvalue weighted by Crippen LogP contribution is -2.38. The number of aromatic amines is 1. The van der Waals surface area contributed by atoms with Crippen LogP contribution in [-0.2, 0) is 55.1 Å². The Hall–Kier alpha value is -7.60. The second kappa shape index (κ2) is 20.9. The van der Waals surface area contributed by atoms with Crippen LogP contribution in [-0.4, -0.2) is 81.8 Å². The number of amides is 1.